The highest BCUT2D eigenvalue weighted by Crippen LogP contribution is 2.38. The van der Waals surface area contributed by atoms with Crippen LogP contribution in [-0.2, 0) is 4.74 Å². The summed E-state index contributed by atoms with van der Waals surface area (Å²) >= 11 is 0. The molecule has 3 heteroatoms. The molecule has 2 aliphatic rings. The molecule has 0 unspecified atom stereocenters. The van der Waals surface area contributed by atoms with Crippen molar-refractivity contribution in [2.45, 2.75) is 140 Å². The van der Waals surface area contributed by atoms with Crippen LogP contribution in [0.1, 0.15) is 145 Å². The minimum absolute atomic E-state index is 0.441. The summed E-state index contributed by atoms with van der Waals surface area (Å²) in [4.78, 5) is 0. The van der Waals surface area contributed by atoms with Crippen molar-refractivity contribution in [3.8, 4) is 11.5 Å². The average molecular weight is 589 g/mol. The molecule has 0 amide bonds. The Kier molecular flexibility index (Phi) is 15.6. The molecular formula is C40H60O3. The zero-order valence-corrected chi connectivity index (χ0v) is 27.3. The monoisotopic (exact) mass is 588 g/mol. The highest BCUT2D eigenvalue weighted by molar-refractivity contribution is 5.30. The lowest BCUT2D eigenvalue weighted by Gasteiger charge is -2.29. The Morgan fingerprint density at radius 3 is 1.70 bits per heavy atom. The van der Waals surface area contributed by atoms with Crippen LogP contribution in [0.3, 0.4) is 0 Å². The molecule has 3 nitrogen and oxygen atoms in total. The molecule has 2 saturated carbocycles. The zero-order chi connectivity index (χ0) is 30.0. The molecular weight excluding hydrogens is 528 g/mol. The van der Waals surface area contributed by atoms with Crippen LogP contribution >= 0.6 is 0 Å². The molecule has 4 rings (SSSR count). The van der Waals surface area contributed by atoms with Crippen LogP contribution in [0.15, 0.2) is 61.2 Å². The summed E-state index contributed by atoms with van der Waals surface area (Å²) in [6.07, 6.45) is 25.1. The molecule has 0 spiro atoms. The van der Waals surface area contributed by atoms with E-state index in [0.29, 0.717) is 12.0 Å². The molecule has 0 bridgehead atoms. The normalized spacial score (nSPS) is 22.3. The van der Waals surface area contributed by atoms with E-state index in [-0.39, 0.29) is 0 Å². The van der Waals surface area contributed by atoms with Gasteiger partial charge in [-0.25, -0.2) is 0 Å². The number of hydrogen-bond donors (Lipinski definition) is 0. The highest BCUT2D eigenvalue weighted by Gasteiger charge is 2.23. The van der Waals surface area contributed by atoms with Gasteiger partial charge in [-0.2, -0.15) is 0 Å². The maximum atomic E-state index is 6.26. The van der Waals surface area contributed by atoms with Crippen LogP contribution in [0, 0.1) is 5.92 Å². The summed E-state index contributed by atoms with van der Waals surface area (Å²) < 4.78 is 18.2. The van der Waals surface area contributed by atoms with Crippen molar-refractivity contribution < 1.29 is 14.2 Å². The molecule has 0 aromatic heterocycles. The molecule has 0 saturated heterocycles. The topological polar surface area (TPSA) is 27.7 Å². The number of hydrogen-bond acceptors (Lipinski definition) is 3. The number of unbranched alkanes of at least 4 members (excludes halogenated alkanes) is 6. The van der Waals surface area contributed by atoms with E-state index in [9.17, 15) is 0 Å². The Hall–Kier alpha value is -2.26. The fraction of sp³-hybridized carbons (Fsp3) is 0.650. The van der Waals surface area contributed by atoms with E-state index in [2.05, 4.69) is 62.0 Å². The minimum atomic E-state index is 0.441. The Balaban J connectivity index is 0.986. The average Bonchev–Trinajstić information content (AvgIpc) is 3.06. The highest BCUT2D eigenvalue weighted by atomic mass is 16.5. The van der Waals surface area contributed by atoms with E-state index >= 15 is 0 Å². The molecule has 0 heterocycles. The van der Waals surface area contributed by atoms with Crippen LogP contribution in [-0.4, -0.2) is 25.9 Å². The minimum Gasteiger partial charge on any atom is -0.494 e. The van der Waals surface area contributed by atoms with Gasteiger partial charge in [0.2, 0.25) is 0 Å². The van der Waals surface area contributed by atoms with Gasteiger partial charge in [-0.3, -0.25) is 0 Å². The maximum Gasteiger partial charge on any atom is 0.119 e. The van der Waals surface area contributed by atoms with Crippen molar-refractivity contribution in [2.24, 2.45) is 5.92 Å². The second kappa shape index (κ2) is 19.9. The quantitative estimate of drug-likeness (QED) is 0.114. The fourth-order valence-electron chi connectivity index (χ4n) is 7.12. The Labute approximate surface area is 263 Å². The van der Waals surface area contributed by atoms with Gasteiger partial charge in [0.05, 0.1) is 19.3 Å². The summed E-state index contributed by atoms with van der Waals surface area (Å²) in [6, 6.07) is 17.8. The molecule has 0 radical (unpaired) electrons. The second-order valence-electron chi connectivity index (χ2n) is 13.2. The number of ether oxygens (including phenoxy) is 3. The standard InChI is InChI=1S/C40H60O3/c1-3-5-9-13-33-14-16-34(17-15-33)35-18-24-39(25-19-35)42-31-11-7-8-12-32-43-40-28-22-37(23-29-40)36-20-26-38(27-21-36)41-30-10-6-4-2/h4,18-21,24-27,33-34,37,40H,2-3,5-17,22-23,28-32H2,1H3. The lowest BCUT2D eigenvalue weighted by Crippen LogP contribution is -2.21. The first-order valence-corrected chi connectivity index (χ1v) is 17.9. The van der Waals surface area contributed by atoms with E-state index in [4.69, 9.17) is 14.2 Å². The van der Waals surface area contributed by atoms with Crippen molar-refractivity contribution in [1.29, 1.82) is 0 Å². The lowest BCUT2D eigenvalue weighted by atomic mass is 9.77. The second-order valence-corrected chi connectivity index (χ2v) is 13.2. The van der Waals surface area contributed by atoms with Crippen molar-refractivity contribution in [1.82, 2.24) is 0 Å². The van der Waals surface area contributed by atoms with E-state index in [1.54, 1.807) is 0 Å². The van der Waals surface area contributed by atoms with Crippen LogP contribution in [0.2, 0.25) is 0 Å². The van der Waals surface area contributed by atoms with Gasteiger partial charge >= 0.3 is 0 Å². The third-order valence-electron chi connectivity index (χ3n) is 9.92. The van der Waals surface area contributed by atoms with Crippen molar-refractivity contribution in [2.75, 3.05) is 19.8 Å². The first-order valence-electron chi connectivity index (χ1n) is 17.9. The number of benzene rings is 2. The Morgan fingerprint density at radius 2 is 1.14 bits per heavy atom. The van der Waals surface area contributed by atoms with Gasteiger partial charge in [0.15, 0.2) is 0 Å². The Bertz CT molecular complexity index is 981. The van der Waals surface area contributed by atoms with E-state index in [0.717, 1.165) is 68.8 Å². The molecule has 0 atom stereocenters. The summed E-state index contributed by atoms with van der Waals surface area (Å²) in [6.45, 7) is 8.55. The molecule has 238 valence electrons. The van der Waals surface area contributed by atoms with Gasteiger partial charge in [-0.1, -0.05) is 69.4 Å². The van der Waals surface area contributed by atoms with E-state index in [1.165, 1.54) is 101 Å². The molecule has 2 fully saturated rings. The van der Waals surface area contributed by atoms with Crippen molar-refractivity contribution in [3.63, 3.8) is 0 Å². The molecule has 0 aliphatic heterocycles. The zero-order valence-electron chi connectivity index (χ0n) is 27.3. The predicted octanol–water partition coefficient (Wildman–Crippen LogP) is 11.6. The van der Waals surface area contributed by atoms with E-state index in [1.807, 2.05) is 6.08 Å². The molecule has 2 aliphatic carbocycles. The molecule has 2 aromatic carbocycles. The van der Waals surface area contributed by atoms with Gasteiger partial charge in [-0.05, 0) is 137 Å². The molecule has 2 aromatic rings. The molecule has 43 heavy (non-hydrogen) atoms. The van der Waals surface area contributed by atoms with Gasteiger partial charge in [0.25, 0.3) is 0 Å². The van der Waals surface area contributed by atoms with Crippen LogP contribution < -0.4 is 9.47 Å². The largest absolute Gasteiger partial charge is 0.494 e. The number of rotatable bonds is 20. The van der Waals surface area contributed by atoms with Crippen LogP contribution in [0.25, 0.3) is 0 Å². The van der Waals surface area contributed by atoms with E-state index < -0.39 is 0 Å². The van der Waals surface area contributed by atoms with Gasteiger partial charge in [-0.15, -0.1) is 6.58 Å². The fourth-order valence-corrected chi connectivity index (χ4v) is 7.12. The van der Waals surface area contributed by atoms with Crippen molar-refractivity contribution >= 4 is 0 Å². The van der Waals surface area contributed by atoms with Gasteiger partial charge in [0, 0.05) is 6.61 Å². The number of allylic oxidation sites excluding steroid dienone is 1. The van der Waals surface area contributed by atoms with Crippen LogP contribution in [0.4, 0.5) is 0 Å². The summed E-state index contributed by atoms with van der Waals surface area (Å²) in [5.41, 5.74) is 2.97. The summed E-state index contributed by atoms with van der Waals surface area (Å²) in [7, 11) is 0. The summed E-state index contributed by atoms with van der Waals surface area (Å²) in [5.74, 6) is 4.39. The third-order valence-corrected chi connectivity index (χ3v) is 9.92. The first-order chi connectivity index (χ1) is 21.2. The van der Waals surface area contributed by atoms with Crippen LogP contribution in [0.5, 0.6) is 11.5 Å². The van der Waals surface area contributed by atoms with Gasteiger partial charge < -0.3 is 14.2 Å². The van der Waals surface area contributed by atoms with Crippen molar-refractivity contribution in [3.05, 3.63) is 72.3 Å². The smallest absolute Gasteiger partial charge is 0.119 e. The predicted molar refractivity (Wildman–Crippen MR) is 182 cm³/mol. The summed E-state index contributed by atoms with van der Waals surface area (Å²) in [5, 5.41) is 0. The lowest BCUT2D eigenvalue weighted by molar-refractivity contribution is 0.0225. The maximum absolute atomic E-state index is 6.26. The molecule has 0 N–H and O–H groups in total. The Morgan fingerprint density at radius 1 is 0.605 bits per heavy atom. The first kappa shape index (κ1) is 33.6. The SMILES string of the molecule is C=CCCCOc1ccc(C2CCC(OCCCCCCOc3ccc(C4CCC(CCCCC)CC4)cc3)CC2)cc1. The third kappa shape index (κ3) is 12.3. The van der Waals surface area contributed by atoms with Gasteiger partial charge in [0.1, 0.15) is 11.5 Å².